The van der Waals surface area contributed by atoms with E-state index in [1.165, 1.54) is 0 Å². The summed E-state index contributed by atoms with van der Waals surface area (Å²) < 4.78 is 10.5. The smallest absolute Gasteiger partial charge is 0.127 e. The van der Waals surface area contributed by atoms with Gasteiger partial charge in [-0.25, -0.2) is 0 Å². The first-order valence-electron chi connectivity index (χ1n) is 6.44. The highest BCUT2D eigenvalue weighted by molar-refractivity contribution is 5.85. The van der Waals surface area contributed by atoms with E-state index >= 15 is 0 Å². The maximum absolute atomic E-state index is 5.35. The first-order valence-corrected chi connectivity index (χ1v) is 6.44. The quantitative estimate of drug-likeness (QED) is 0.685. The molecule has 4 nitrogen and oxygen atoms in total. The highest BCUT2D eigenvalue weighted by Gasteiger charge is 2.04. The van der Waals surface area contributed by atoms with E-state index in [1.807, 2.05) is 18.2 Å². The van der Waals surface area contributed by atoms with Crippen LogP contribution in [0.3, 0.4) is 0 Å². The van der Waals surface area contributed by atoms with Gasteiger partial charge in [0.1, 0.15) is 11.5 Å². The monoisotopic (exact) mass is 324 g/mol. The van der Waals surface area contributed by atoms with Crippen molar-refractivity contribution in [3.63, 3.8) is 0 Å². The van der Waals surface area contributed by atoms with Crippen molar-refractivity contribution in [1.29, 1.82) is 0 Å². The zero-order valence-corrected chi connectivity index (χ0v) is 14.0. The van der Waals surface area contributed by atoms with Crippen LogP contribution in [-0.4, -0.2) is 33.9 Å². The summed E-state index contributed by atoms with van der Waals surface area (Å²) in [6.07, 6.45) is 1.13. The lowest BCUT2D eigenvalue weighted by atomic mass is 10.2. The predicted octanol–water partition coefficient (Wildman–Crippen LogP) is 2.64. The van der Waals surface area contributed by atoms with E-state index < -0.39 is 0 Å². The molecule has 0 saturated carbocycles. The fourth-order valence-corrected chi connectivity index (χ4v) is 1.74. The highest BCUT2D eigenvalue weighted by atomic mass is 35.5. The van der Waals surface area contributed by atoms with Gasteiger partial charge in [-0.2, -0.15) is 0 Å². The Labute approximate surface area is 134 Å². The third-order valence-corrected chi connectivity index (χ3v) is 2.77. The maximum Gasteiger partial charge on any atom is 0.127 e. The van der Waals surface area contributed by atoms with Crippen LogP contribution in [0.1, 0.15) is 18.9 Å². The summed E-state index contributed by atoms with van der Waals surface area (Å²) in [5.74, 6) is 1.69. The second-order valence-electron chi connectivity index (χ2n) is 4.06. The summed E-state index contributed by atoms with van der Waals surface area (Å²) in [6.45, 7) is 6.03. The van der Waals surface area contributed by atoms with Gasteiger partial charge in [-0.05, 0) is 32.1 Å². The first-order chi connectivity index (χ1) is 8.81. The molecule has 0 radical (unpaired) electrons. The van der Waals surface area contributed by atoms with Gasteiger partial charge in [0.25, 0.3) is 0 Å². The molecule has 118 valence electrons. The summed E-state index contributed by atoms with van der Waals surface area (Å²) >= 11 is 0. The number of methoxy groups -OCH3 is 2. The number of halogens is 2. The van der Waals surface area contributed by atoms with Crippen molar-refractivity contribution < 1.29 is 9.47 Å². The van der Waals surface area contributed by atoms with E-state index in [0.717, 1.165) is 49.7 Å². The van der Waals surface area contributed by atoms with Gasteiger partial charge in [-0.15, -0.1) is 24.8 Å². The Morgan fingerprint density at radius 1 is 1.00 bits per heavy atom. The molecule has 0 aromatic heterocycles. The molecule has 20 heavy (non-hydrogen) atoms. The van der Waals surface area contributed by atoms with Gasteiger partial charge >= 0.3 is 0 Å². The molecule has 0 spiro atoms. The van der Waals surface area contributed by atoms with Crippen LogP contribution in [-0.2, 0) is 6.54 Å². The largest absolute Gasteiger partial charge is 0.497 e. The Morgan fingerprint density at radius 2 is 1.70 bits per heavy atom. The molecule has 0 saturated heterocycles. The summed E-state index contributed by atoms with van der Waals surface area (Å²) in [5, 5.41) is 6.72. The van der Waals surface area contributed by atoms with E-state index in [-0.39, 0.29) is 24.8 Å². The fraction of sp³-hybridized carbons (Fsp3) is 0.571. The minimum Gasteiger partial charge on any atom is -0.497 e. The third-order valence-electron chi connectivity index (χ3n) is 2.77. The van der Waals surface area contributed by atoms with Crippen molar-refractivity contribution in [2.45, 2.75) is 19.9 Å². The molecule has 1 aromatic rings. The zero-order valence-electron chi connectivity index (χ0n) is 12.4. The number of nitrogens with one attached hydrogen (secondary N) is 2. The van der Waals surface area contributed by atoms with Crippen LogP contribution in [0.4, 0.5) is 0 Å². The van der Waals surface area contributed by atoms with Crippen LogP contribution in [0.2, 0.25) is 0 Å². The molecule has 0 bridgehead atoms. The van der Waals surface area contributed by atoms with Gasteiger partial charge in [0.2, 0.25) is 0 Å². The van der Waals surface area contributed by atoms with Crippen molar-refractivity contribution >= 4 is 24.8 Å². The molecule has 2 N–H and O–H groups in total. The van der Waals surface area contributed by atoms with Crippen molar-refractivity contribution in [2.24, 2.45) is 0 Å². The molecule has 0 unspecified atom stereocenters. The van der Waals surface area contributed by atoms with Gasteiger partial charge in [-0.3, -0.25) is 0 Å². The normalized spacial score (nSPS) is 9.35. The number of hydrogen-bond donors (Lipinski definition) is 2. The van der Waals surface area contributed by atoms with E-state index in [4.69, 9.17) is 9.47 Å². The number of ether oxygens (including phenoxy) is 2. The van der Waals surface area contributed by atoms with Gasteiger partial charge in [0, 0.05) is 18.2 Å². The fourth-order valence-electron chi connectivity index (χ4n) is 1.74. The molecule has 0 aliphatic rings. The Morgan fingerprint density at radius 3 is 2.30 bits per heavy atom. The molecule has 0 atom stereocenters. The molecular formula is C14H26Cl2N2O2. The zero-order chi connectivity index (χ0) is 13.2. The molecular weight excluding hydrogens is 299 g/mol. The summed E-state index contributed by atoms with van der Waals surface area (Å²) in [5.41, 5.74) is 1.15. The number of hydrogen-bond acceptors (Lipinski definition) is 4. The summed E-state index contributed by atoms with van der Waals surface area (Å²) in [4.78, 5) is 0. The van der Waals surface area contributed by atoms with Crippen LogP contribution in [0.15, 0.2) is 18.2 Å². The number of rotatable bonds is 9. The minimum absolute atomic E-state index is 0. The van der Waals surface area contributed by atoms with Crippen LogP contribution in [0.5, 0.6) is 11.5 Å². The lowest BCUT2D eigenvalue weighted by Crippen LogP contribution is -2.21. The first kappa shape index (κ1) is 21.6. The summed E-state index contributed by atoms with van der Waals surface area (Å²) in [7, 11) is 3.34. The van der Waals surface area contributed by atoms with Crippen LogP contribution in [0, 0.1) is 0 Å². The predicted molar refractivity (Wildman–Crippen MR) is 88.9 cm³/mol. The number of benzene rings is 1. The Bertz CT molecular complexity index is 352. The topological polar surface area (TPSA) is 42.5 Å². The van der Waals surface area contributed by atoms with Crippen molar-refractivity contribution in [3.8, 4) is 11.5 Å². The molecule has 0 aliphatic carbocycles. The average Bonchev–Trinajstić information content (AvgIpc) is 2.42. The molecule has 0 heterocycles. The molecule has 1 rings (SSSR count). The van der Waals surface area contributed by atoms with Crippen LogP contribution >= 0.6 is 24.8 Å². The van der Waals surface area contributed by atoms with Crippen LogP contribution < -0.4 is 20.1 Å². The molecule has 0 amide bonds. The molecule has 0 fully saturated rings. The highest BCUT2D eigenvalue weighted by Crippen LogP contribution is 2.24. The van der Waals surface area contributed by atoms with Crippen molar-refractivity contribution in [1.82, 2.24) is 10.6 Å². The van der Waals surface area contributed by atoms with Crippen LogP contribution in [0.25, 0.3) is 0 Å². The van der Waals surface area contributed by atoms with Crippen molar-refractivity contribution in [3.05, 3.63) is 23.8 Å². The van der Waals surface area contributed by atoms with E-state index in [0.29, 0.717) is 0 Å². The van der Waals surface area contributed by atoms with Gasteiger partial charge in [0.05, 0.1) is 14.2 Å². The lowest BCUT2D eigenvalue weighted by Gasteiger charge is -2.11. The minimum atomic E-state index is 0. The van der Waals surface area contributed by atoms with E-state index in [9.17, 15) is 0 Å². The van der Waals surface area contributed by atoms with Gasteiger partial charge in [0.15, 0.2) is 0 Å². The molecule has 6 heteroatoms. The van der Waals surface area contributed by atoms with Crippen molar-refractivity contribution in [2.75, 3.05) is 33.9 Å². The Hall–Kier alpha value is -0.680. The second kappa shape index (κ2) is 13.3. The second-order valence-corrected chi connectivity index (χ2v) is 4.06. The standard InChI is InChI=1S/C14H24N2O2.2ClH/c1-4-15-8-5-9-16-11-12-6-7-13(17-2)10-14(12)18-3;;/h6-7,10,15-16H,4-5,8-9,11H2,1-3H3;2*1H. The maximum atomic E-state index is 5.35. The average molecular weight is 325 g/mol. The van der Waals surface area contributed by atoms with Gasteiger partial charge < -0.3 is 20.1 Å². The molecule has 1 aromatic carbocycles. The SMILES string of the molecule is CCNCCCNCc1ccc(OC)cc1OC.Cl.Cl. The Balaban J connectivity index is 0. The summed E-state index contributed by atoms with van der Waals surface area (Å²) in [6, 6.07) is 5.91. The Kier molecular flexibility index (Phi) is 14.4. The molecule has 0 aliphatic heterocycles. The van der Waals surface area contributed by atoms with Gasteiger partial charge in [-0.1, -0.05) is 13.0 Å². The van der Waals surface area contributed by atoms with E-state index in [1.54, 1.807) is 14.2 Å². The third kappa shape index (κ3) is 7.80. The lowest BCUT2D eigenvalue weighted by molar-refractivity contribution is 0.389. The van der Waals surface area contributed by atoms with E-state index in [2.05, 4.69) is 17.6 Å².